The highest BCUT2D eigenvalue weighted by Crippen LogP contribution is 2.56. The third-order valence-electron chi connectivity index (χ3n) is 8.49. The molecular weight excluding hydrogens is 474 g/mol. The van der Waals surface area contributed by atoms with Gasteiger partial charge in [-0.1, -0.05) is 49.2 Å². The quantitative estimate of drug-likeness (QED) is 0.447. The average Bonchev–Trinajstić information content (AvgIpc) is 2.92. The van der Waals surface area contributed by atoms with Gasteiger partial charge in [-0.05, 0) is 73.4 Å². The highest BCUT2D eigenvalue weighted by Gasteiger charge is 2.53. The molecule has 8 heteroatoms. The summed E-state index contributed by atoms with van der Waals surface area (Å²) in [4.78, 5) is 22.4. The molecule has 2 fully saturated rings. The summed E-state index contributed by atoms with van der Waals surface area (Å²) in [6.45, 7) is 2.46. The van der Waals surface area contributed by atoms with E-state index in [2.05, 4.69) is 53.4 Å². The summed E-state index contributed by atoms with van der Waals surface area (Å²) in [6, 6.07) is 18.6. The van der Waals surface area contributed by atoms with Gasteiger partial charge in [0.2, 0.25) is 0 Å². The molecular formula is C29H37NO7. The van der Waals surface area contributed by atoms with Crippen LogP contribution in [0.1, 0.15) is 48.8 Å². The smallest absolute Gasteiger partial charge is 0.335 e. The van der Waals surface area contributed by atoms with Crippen LogP contribution < -0.4 is 4.74 Å². The first-order valence-electron chi connectivity index (χ1n) is 13.0. The predicted molar refractivity (Wildman–Crippen MR) is 138 cm³/mol. The molecule has 37 heavy (non-hydrogen) atoms. The summed E-state index contributed by atoms with van der Waals surface area (Å²) in [5.74, 6) is -1.67. The molecule has 0 aromatic heterocycles. The number of nitrogens with zero attached hydrogens (tertiary/aromatic N) is 1. The van der Waals surface area contributed by atoms with Crippen molar-refractivity contribution in [1.29, 1.82) is 0 Å². The number of ether oxygens (including phenoxy) is 1. The number of aliphatic hydroxyl groups excluding tert-OH is 2. The minimum atomic E-state index is -2.27. The van der Waals surface area contributed by atoms with Crippen molar-refractivity contribution in [2.45, 2.75) is 68.6 Å². The zero-order valence-electron chi connectivity index (χ0n) is 21.3. The number of hydrogen-bond donors (Lipinski definition) is 4. The van der Waals surface area contributed by atoms with Gasteiger partial charge in [-0.15, -0.1) is 0 Å². The highest BCUT2D eigenvalue weighted by atomic mass is 16.5. The highest BCUT2D eigenvalue weighted by molar-refractivity contribution is 5.83. The summed E-state index contributed by atoms with van der Waals surface area (Å²) in [7, 11) is 1.80. The van der Waals surface area contributed by atoms with Crippen LogP contribution >= 0.6 is 0 Å². The normalized spacial score (nSPS) is 25.9. The fraction of sp³-hybridized carbons (Fsp3) is 0.517. The zero-order chi connectivity index (χ0) is 26.6. The second-order valence-electron chi connectivity index (χ2n) is 10.4. The molecule has 2 aromatic carbocycles. The number of benzene rings is 2. The molecule has 2 aliphatic carbocycles. The van der Waals surface area contributed by atoms with Gasteiger partial charge < -0.3 is 25.2 Å². The van der Waals surface area contributed by atoms with Crippen LogP contribution in [0.25, 0.3) is 0 Å². The van der Waals surface area contributed by atoms with Crippen molar-refractivity contribution >= 4 is 11.9 Å². The molecule has 200 valence electrons. The number of hydrogen-bond acceptors (Lipinski definition) is 6. The van der Waals surface area contributed by atoms with Crippen molar-refractivity contribution in [3.05, 3.63) is 65.2 Å². The lowest BCUT2D eigenvalue weighted by Gasteiger charge is -2.59. The molecule has 0 amide bonds. The van der Waals surface area contributed by atoms with E-state index in [0.717, 1.165) is 17.7 Å². The second kappa shape index (κ2) is 11.6. The molecule has 8 nitrogen and oxygen atoms in total. The molecule has 1 saturated carbocycles. The third-order valence-corrected chi connectivity index (χ3v) is 8.49. The number of carboxylic acids is 2. The summed E-state index contributed by atoms with van der Waals surface area (Å²) in [5.41, 5.74) is 5.10. The van der Waals surface area contributed by atoms with Gasteiger partial charge in [0.05, 0.1) is 7.11 Å². The predicted octanol–water partition coefficient (Wildman–Crippen LogP) is 2.87. The number of aliphatic carboxylic acids is 2. The lowest BCUT2D eigenvalue weighted by atomic mass is 9.52. The van der Waals surface area contributed by atoms with Crippen molar-refractivity contribution in [2.24, 2.45) is 5.92 Å². The van der Waals surface area contributed by atoms with Gasteiger partial charge in [0.25, 0.3) is 0 Å². The first-order chi connectivity index (χ1) is 17.8. The van der Waals surface area contributed by atoms with E-state index in [4.69, 9.17) is 25.2 Å². The molecule has 4 N–H and O–H groups in total. The topological polar surface area (TPSA) is 128 Å². The van der Waals surface area contributed by atoms with E-state index in [1.165, 1.54) is 63.6 Å². The molecule has 0 radical (unpaired) electrons. The van der Waals surface area contributed by atoms with Crippen LogP contribution in [0.2, 0.25) is 0 Å². The number of piperidine rings is 1. The molecule has 0 spiro atoms. The lowest BCUT2D eigenvalue weighted by molar-refractivity contribution is -0.165. The van der Waals surface area contributed by atoms with Crippen LogP contribution in [0.5, 0.6) is 5.75 Å². The van der Waals surface area contributed by atoms with Gasteiger partial charge in [0, 0.05) is 18.0 Å². The Morgan fingerprint density at radius 3 is 2.38 bits per heavy atom. The van der Waals surface area contributed by atoms with Crippen LogP contribution in [0, 0.1) is 5.92 Å². The Morgan fingerprint density at radius 2 is 1.73 bits per heavy atom. The number of fused-ring (bicyclic) bond motifs is 1. The van der Waals surface area contributed by atoms with Crippen LogP contribution in [0.3, 0.4) is 0 Å². The summed E-state index contributed by atoms with van der Waals surface area (Å²) >= 11 is 0. The van der Waals surface area contributed by atoms with Crippen LogP contribution in [0.4, 0.5) is 0 Å². The number of carbonyl (C=O) groups is 2. The third kappa shape index (κ3) is 5.66. The summed E-state index contributed by atoms with van der Waals surface area (Å²) < 4.78 is 5.59. The zero-order valence-corrected chi connectivity index (χ0v) is 21.3. The molecule has 2 bridgehead atoms. The van der Waals surface area contributed by atoms with Crippen LogP contribution in [0.15, 0.2) is 48.5 Å². The Kier molecular flexibility index (Phi) is 8.52. The number of rotatable bonds is 7. The number of carboxylic acid groups (broad SMARTS) is 2. The average molecular weight is 512 g/mol. The van der Waals surface area contributed by atoms with E-state index in [-0.39, 0.29) is 0 Å². The lowest BCUT2D eigenvalue weighted by Crippen LogP contribution is -2.61. The maximum atomic E-state index is 9.77. The van der Waals surface area contributed by atoms with Crippen molar-refractivity contribution in [3.8, 4) is 5.75 Å². The SMILES string of the molecule is COc1ccc2c(c1)[C@]13CCCC[C@@H]1[C@@H](C2)N(CCc1ccccc1)CC3.O=C(O)[C@H](O)[C@@H](O)C(=O)O. The second-order valence-corrected chi connectivity index (χ2v) is 10.4. The van der Waals surface area contributed by atoms with Gasteiger partial charge in [0.1, 0.15) is 5.75 Å². The summed E-state index contributed by atoms with van der Waals surface area (Å²) in [5, 5.41) is 32.5. The van der Waals surface area contributed by atoms with Crippen LogP contribution in [-0.4, -0.2) is 75.7 Å². The van der Waals surface area contributed by atoms with Gasteiger partial charge >= 0.3 is 11.9 Å². The Morgan fingerprint density at radius 1 is 1.03 bits per heavy atom. The minimum Gasteiger partial charge on any atom is -0.497 e. The monoisotopic (exact) mass is 511 g/mol. The van der Waals surface area contributed by atoms with Crippen molar-refractivity contribution in [2.75, 3.05) is 20.2 Å². The van der Waals surface area contributed by atoms with Crippen molar-refractivity contribution in [1.82, 2.24) is 4.90 Å². The van der Waals surface area contributed by atoms with E-state index in [1.54, 1.807) is 18.2 Å². The molecule has 1 saturated heterocycles. The molecule has 0 unspecified atom stereocenters. The number of likely N-dealkylation sites (tertiary alicyclic amines) is 1. The summed E-state index contributed by atoms with van der Waals surface area (Å²) in [6.07, 6.45) is 4.77. The Hall–Kier alpha value is -2.94. The number of methoxy groups -OCH3 is 1. The maximum absolute atomic E-state index is 9.77. The molecule has 5 atom stereocenters. The fourth-order valence-electron chi connectivity index (χ4n) is 6.66. The first kappa shape index (κ1) is 27.1. The van der Waals surface area contributed by atoms with Gasteiger partial charge in [-0.3, -0.25) is 4.90 Å². The first-order valence-corrected chi connectivity index (χ1v) is 13.0. The van der Waals surface area contributed by atoms with E-state index in [9.17, 15) is 9.59 Å². The largest absolute Gasteiger partial charge is 0.497 e. The molecule has 1 aliphatic heterocycles. The number of aliphatic hydroxyl groups is 2. The standard InChI is InChI=1S/C25H31NO.C4H6O6/c1-27-21-11-10-20-17-24-22-9-5-6-13-25(22,23(20)18-21)14-16-26(24)15-12-19-7-3-2-4-8-19;5-1(3(7)8)2(6)4(9)10/h2-4,7-8,10-11,18,22,24H,5-6,9,12-17H2,1H3;1-2,5-6H,(H,7,8)(H,9,10)/t22-,24-,25+;1-,2-/m11/s1. The molecule has 3 aliphatic rings. The van der Waals surface area contributed by atoms with E-state index in [0.29, 0.717) is 5.41 Å². The minimum absolute atomic E-state index is 0.411. The van der Waals surface area contributed by atoms with Crippen LogP contribution in [-0.2, 0) is 27.8 Å². The Labute approximate surface area is 217 Å². The van der Waals surface area contributed by atoms with Gasteiger partial charge in [0.15, 0.2) is 12.2 Å². The van der Waals surface area contributed by atoms with E-state index < -0.39 is 24.1 Å². The van der Waals surface area contributed by atoms with Crippen molar-refractivity contribution in [3.63, 3.8) is 0 Å². The maximum Gasteiger partial charge on any atom is 0.335 e. The molecule has 5 rings (SSSR count). The van der Waals surface area contributed by atoms with E-state index in [1.807, 2.05) is 0 Å². The van der Waals surface area contributed by atoms with Gasteiger partial charge in [-0.25, -0.2) is 9.59 Å². The van der Waals surface area contributed by atoms with Gasteiger partial charge in [-0.2, -0.15) is 0 Å². The fourth-order valence-corrected chi connectivity index (χ4v) is 6.66. The Bertz CT molecular complexity index is 1070. The van der Waals surface area contributed by atoms with Crippen molar-refractivity contribution < 1.29 is 34.8 Å². The Balaban J connectivity index is 0.000000275. The molecule has 2 aromatic rings. The molecule has 1 heterocycles. The van der Waals surface area contributed by atoms with E-state index >= 15 is 0 Å².